The van der Waals surface area contributed by atoms with Crippen molar-refractivity contribution >= 4 is 21.6 Å². The number of anilines is 1. The van der Waals surface area contributed by atoms with Gasteiger partial charge in [0.05, 0.1) is 11.9 Å². The molecule has 0 aliphatic carbocycles. The minimum atomic E-state index is -0.0837. The summed E-state index contributed by atoms with van der Waals surface area (Å²) in [5.41, 5.74) is 0.825. The Morgan fingerprint density at radius 1 is 1.65 bits per heavy atom. The highest BCUT2D eigenvalue weighted by Gasteiger charge is 2.24. The fraction of sp³-hybridized carbons (Fsp3) is 0.636. The lowest BCUT2D eigenvalue weighted by Gasteiger charge is -2.19. The quantitative estimate of drug-likeness (QED) is 0.888. The van der Waals surface area contributed by atoms with Crippen LogP contribution in [0.5, 0.6) is 0 Å². The van der Waals surface area contributed by atoms with E-state index in [4.69, 9.17) is 0 Å². The highest BCUT2D eigenvalue weighted by atomic mass is 79.9. The maximum Gasteiger partial charge on any atom is 0.282 e. The number of nitrogens with one attached hydrogen (secondary N) is 1. The van der Waals surface area contributed by atoms with Crippen LogP contribution in [0.4, 0.5) is 5.69 Å². The van der Waals surface area contributed by atoms with Gasteiger partial charge in [-0.2, -0.15) is 5.10 Å². The molecule has 94 valence electrons. The second-order valence-corrected chi connectivity index (χ2v) is 5.22. The Bertz CT molecular complexity index is 459. The fourth-order valence-corrected chi connectivity index (χ4v) is 2.84. The molecule has 0 aromatic carbocycles. The third-order valence-electron chi connectivity index (χ3n) is 3.18. The molecule has 0 spiro atoms. The van der Waals surface area contributed by atoms with Gasteiger partial charge in [0.2, 0.25) is 0 Å². The van der Waals surface area contributed by atoms with Crippen molar-refractivity contribution in [3.05, 3.63) is 21.0 Å². The molecule has 1 aliphatic heterocycles. The first kappa shape index (κ1) is 12.6. The molecule has 1 aromatic rings. The number of hydrogen-bond acceptors (Lipinski definition) is 4. The van der Waals surface area contributed by atoms with Crippen LogP contribution in [-0.4, -0.2) is 36.5 Å². The van der Waals surface area contributed by atoms with Crippen molar-refractivity contribution in [3.63, 3.8) is 0 Å². The van der Waals surface area contributed by atoms with Crippen LogP contribution < -0.4 is 15.8 Å². The minimum absolute atomic E-state index is 0.0837. The highest BCUT2D eigenvalue weighted by Crippen LogP contribution is 2.27. The number of halogens is 1. The van der Waals surface area contributed by atoms with Crippen LogP contribution in [-0.2, 0) is 7.05 Å². The summed E-state index contributed by atoms with van der Waals surface area (Å²) >= 11 is 3.37. The predicted octanol–water partition coefficient (Wildman–Crippen LogP) is 0.588. The first-order valence-electron chi connectivity index (χ1n) is 5.75. The molecule has 1 fully saturated rings. The van der Waals surface area contributed by atoms with Gasteiger partial charge >= 0.3 is 0 Å². The summed E-state index contributed by atoms with van der Waals surface area (Å²) < 4.78 is 1.95. The molecule has 0 amide bonds. The highest BCUT2D eigenvalue weighted by molar-refractivity contribution is 9.10. The van der Waals surface area contributed by atoms with Gasteiger partial charge in [-0.05, 0) is 41.9 Å². The fourth-order valence-electron chi connectivity index (χ4n) is 2.23. The van der Waals surface area contributed by atoms with Crippen molar-refractivity contribution in [1.29, 1.82) is 0 Å². The summed E-state index contributed by atoms with van der Waals surface area (Å²) in [4.78, 5) is 14.0. The van der Waals surface area contributed by atoms with E-state index in [9.17, 15) is 4.79 Å². The lowest BCUT2D eigenvalue weighted by Crippen LogP contribution is -2.28. The van der Waals surface area contributed by atoms with Crippen LogP contribution in [0.1, 0.15) is 6.42 Å². The topological polar surface area (TPSA) is 50.2 Å². The SMILES string of the molecule is CNCC1CCN(c2cnn(C)c(=O)c2Br)C1. The first-order chi connectivity index (χ1) is 8.13. The Hall–Kier alpha value is -0.880. The van der Waals surface area contributed by atoms with Crippen molar-refractivity contribution in [2.24, 2.45) is 13.0 Å². The van der Waals surface area contributed by atoms with E-state index in [0.29, 0.717) is 10.4 Å². The second kappa shape index (κ2) is 5.18. The summed E-state index contributed by atoms with van der Waals surface area (Å²) in [5, 5.41) is 7.27. The molecule has 2 rings (SSSR count). The summed E-state index contributed by atoms with van der Waals surface area (Å²) in [7, 11) is 3.63. The van der Waals surface area contributed by atoms with Crippen molar-refractivity contribution in [2.75, 3.05) is 31.6 Å². The van der Waals surface area contributed by atoms with Crippen LogP contribution in [0, 0.1) is 5.92 Å². The van der Waals surface area contributed by atoms with Crippen LogP contribution in [0.2, 0.25) is 0 Å². The third kappa shape index (κ3) is 2.52. The first-order valence-corrected chi connectivity index (χ1v) is 6.54. The molecule has 1 unspecified atom stereocenters. The molecular weight excluding hydrogens is 284 g/mol. The van der Waals surface area contributed by atoms with Gasteiger partial charge in [-0.25, -0.2) is 4.68 Å². The molecule has 2 heterocycles. The van der Waals surface area contributed by atoms with Crippen molar-refractivity contribution in [1.82, 2.24) is 15.1 Å². The molecule has 1 N–H and O–H groups in total. The van der Waals surface area contributed by atoms with E-state index in [1.165, 1.54) is 4.68 Å². The van der Waals surface area contributed by atoms with E-state index in [0.717, 1.165) is 31.7 Å². The zero-order valence-electron chi connectivity index (χ0n) is 10.1. The van der Waals surface area contributed by atoms with Gasteiger partial charge in [0.1, 0.15) is 4.47 Å². The van der Waals surface area contributed by atoms with Gasteiger partial charge in [0.15, 0.2) is 0 Å². The standard InChI is InChI=1S/C11H17BrN4O/c1-13-5-8-3-4-16(7-8)9-6-14-15(2)11(17)10(9)12/h6,8,13H,3-5,7H2,1-2H3. The average Bonchev–Trinajstić information content (AvgIpc) is 2.75. The molecule has 5 nitrogen and oxygen atoms in total. The van der Waals surface area contributed by atoms with Crippen molar-refractivity contribution in [3.8, 4) is 0 Å². The Labute approximate surface area is 109 Å². The Kier molecular flexibility index (Phi) is 3.83. The van der Waals surface area contributed by atoms with Crippen LogP contribution in [0.3, 0.4) is 0 Å². The average molecular weight is 301 g/mol. The Balaban J connectivity index is 2.19. The van der Waals surface area contributed by atoms with Gasteiger partial charge in [-0.1, -0.05) is 0 Å². The van der Waals surface area contributed by atoms with Crippen molar-refractivity contribution < 1.29 is 0 Å². The minimum Gasteiger partial charge on any atom is -0.369 e. The van der Waals surface area contributed by atoms with Gasteiger partial charge in [0.25, 0.3) is 5.56 Å². The summed E-state index contributed by atoms with van der Waals surface area (Å²) in [6.07, 6.45) is 2.91. The summed E-state index contributed by atoms with van der Waals surface area (Å²) in [5.74, 6) is 0.649. The second-order valence-electron chi connectivity index (χ2n) is 4.43. The number of aromatic nitrogens is 2. The molecule has 1 atom stereocenters. The molecule has 0 saturated carbocycles. The van der Waals surface area contributed by atoms with Gasteiger partial charge in [-0.3, -0.25) is 4.79 Å². The molecular formula is C11H17BrN4O. The smallest absolute Gasteiger partial charge is 0.282 e. The van der Waals surface area contributed by atoms with E-state index < -0.39 is 0 Å². The van der Waals surface area contributed by atoms with Crippen molar-refractivity contribution in [2.45, 2.75) is 6.42 Å². The predicted molar refractivity (Wildman–Crippen MR) is 71.4 cm³/mol. The molecule has 1 aliphatic rings. The largest absolute Gasteiger partial charge is 0.369 e. The molecule has 1 saturated heterocycles. The normalized spacial score (nSPS) is 19.9. The van der Waals surface area contributed by atoms with Gasteiger partial charge < -0.3 is 10.2 Å². The van der Waals surface area contributed by atoms with E-state index in [1.54, 1.807) is 13.2 Å². The van der Waals surface area contributed by atoms with Crippen LogP contribution >= 0.6 is 15.9 Å². The zero-order chi connectivity index (χ0) is 12.4. The number of aryl methyl sites for hydroxylation is 1. The monoisotopic (exact) mass is 300 g/mol. The summed E-state index contributed by atoms with van der Waals surface area (Å²) in [6, 6.07) is 0. The maximum absolute atomic E-state index is 11.8. The van der Waals surface area contributed by atoms with Gasteiger partial charge in [-0.15, -0.1) is 0 Å². The van der Waals surface area contributed by atoms with Gasteiger partial charge in [0, 0.05) is 20.1 Å². The summed E-state index contributed by atoms with van der Waals surface area (Å²) in [6.45, 7) is 2.99. The Morgan fingerprint density at radius 3 is 3.12 bits per heavy atom. The third-order valence-corrected chi connectivity index (χ3v) is 3.92. The van der Waals surface area contributed by atoms with Crippen LogP contribution in [0.25, 0.3) is 0 Å². The lowest BCUT2D eigenvalue weighted by molar-refractivity contribution is 0.549. The number of rotatable bonds is 3. The molecule has 1 aromatic heterocycles. The molecule has 0 bridgehead atoms. The maximum atomic E-state index is 11.8. The molecule has 6 heteroatoms. The van der Waals surface area contributed by atoms with E-state index >= 15 is 0 Å². The Morgan fingerprint density at radius 2 is 2.41 bits per heavy atom. The van der Waals surface area contributed by atoms with E-state index in [1.807, 2.05) is 7.05 Å². The lowest BCUT2D eigenvalue weighted by atomic mass is 10.1. The number of hydrogen-bond donors (Lipinski definition) is 1. The molecule has 17 heavy (non-hydrogen) atoms. The van der Waals surface area contributed by atoms with Crippen LogP contribution in [0.15, 0.2) is 15.5 Å². The molecule has 0 radical (unpaired) electrons. The zero-order valence-corrected chi connectivity index (χ0v) is 11.7. The van der Waals surface area contributed by atoms with E-state index in [2.05, 4.69) is 31.2 Å². The van der Waals surface area contributed by atoms with E-state index in [-0.39, 0.29) is 5.56 Å². The number of nitrogens with zero attached hydrogens (tertiary/aromatic N) is 3.